The predicted octanol–water partition coefficient (Wildman–Crippen LogP) is 3.02. The summed E-state index contributed by atoms with van der Waals surface area (Å²) in [6, 6.07) is 0. The van der Waals surface area contributed by atoms with Gasteiger partial charge in [0.05, 0.1) is 6.61 Å². The van der Waals surface area contributed by atoms with Crippen molar-refractivity contribution in [2.24, 2.45) is 0 Å². The number of hydrogen-bond acceptors (Lipinski definition) is 2. The Balaban J connectivity index is 3.59. The van der Waals surface area contributed by atoms with E-state index in [-0.39, 0.29) is 5.97 Å². The first-order chi connectivity index (χ1) is 6.81. The molecule has 0 saturated heterocycles. The third-order valence-electron chi connectivity index (χ3n) is 1.44. The summed E-state index contributed by atoms with van der Waals surface area (Å²) in [4.78, 5) is 10.8. The average molecular weight is 194 g/mol. The molecule has 0 aromatic carbocycles. The van der Waals surface area contributed by atoms with E-state index in [1.54, 1.807) is 13.0 Å². The van der Waals surface area contributed by atoms with Gasteiger partial charge in [0.25, 0.3) is 0 Å². The molecule has 14 heavy (non-hydrogen) atoms. The van der Waals surface area contributed by atoms with E-state index >= 15 is 0 Å². The summed E-state index contributed by atoms with van der Waals surface area (Å²) in [5, 5.41) is 0. The topological polar surface area (TPSA) is 26.3 Å². The molecule has 0 aromatic rings. The van der Waals surface area contributed by atoms with Crippen molar-refractivity contribution in [3.63, 3.8) is 0 Å². The van der Waals surface area contributed by atoms with Crippen molar-refractivity contribution in [1.82, 2.24) is 0 Å². The predicted molar refractivity (Wildman–Crippen MR) is 59.0 cm³/mol. The van der Waals surface area contributed by atoms with Gasteiger partial charge < -0.3 is 4.74 Å². The highest BCUT2D eigenvalue weighted by atomic mass is 16.5. The minimum Gasteiger partial charge on any atom is -0.463 e. The lowest BCUT2D eigenvalue weighted by atomic mass is 10.3. The van der Waals surface area contributed by atoms with E-state index in [4.69, 9.17) is 4.74 Å². The molecule has 0 saturated carbocycles. The molecule has 0 unspecified atom stereocenters. The number of carbonyl (C=O) groups is 1. The molecule has 0 spiro atoms. The molecule has 0 heterocycles. The van der Waals surface area contributed by atoms with Gasteiger partial charge in [-0.05, 0) is 19.8 Å². The van der Waals surface area contributed by atoms with Crippen LogP contribution in [0.4, 0.5) is 0 Å². The Hall–Kier alpha value is -1.31. The van der Waals surface area contributed by atoms with Crippen LogP contribution in [0.3, 0.4) is 0 Å². The SMILES string of the molecule is CCC=CC/C=C/C=C/C(=O)OCC. The van der Waals surface area contributed by atoms with Crippen LogP contribution in [-0.4, -0.2) is 12.6 Å². The second-order valence-electron chi connectivity index (χ2n) is 2.65. The van der Waals surface area contributed by atoms with Crippen LogP contribution in [0.5, 0.6) is 0 Å². The first-order valence-electron chi connectivity index (χ1n) is 4.96. The Bertz CT molecular complexity index is 224. The van der Waals surface area contributed by atoms with Gasteiger partial charge in [-0.15, -0.1) is 0 Å². The van der Waals surface area contributed by atoms with Gasteiger partial charge in [0.15, 0.2) is 0 Å². The number of carbonyl (C=O) groups excluding carboxylic acids is 1. The number of hydrogen-bond donors (Lipinski definition) is 0. The van der Waals surface area contributed by atoms with E-state index in [1.807, 2.05) is 12.2 Å². The van der Waals surface area contributed by atoms with Gasteiger partial charge in [-0.25, -0.2) is 4.79 Å². The Morgan fingerprint density at radius 3 is 2.57 bits per heavy atom. The quantitative estimate of drug-likeness (QED) is 0.281. The first-order valence-corrected chi connectivity index (χ1v) is 4.96. The molecule has 0 atom stereocenters. The third-order valence-corrected chi connectivity index (χ3v) is 1.44. The molecule has 0 aliphatic heterocycles. The highest BCUT2D eigenvalue weighted by Gasteiger charge is 1.89. The molecular formula is C12H18O2. The van der Waals surface area contributed by atoms with Crippen LogP contribution in [0.15, 0.2) is 36.5 Å². The maximum absolute atomic E-state index is 10.8. The van der Waals surface area contributed by atoms with Crippen molar-refractivity contribution in [1.29, 1.82) is 0 Å². The summed E-state index contributed by atoms with van der Waals surface area (Å²) in [5.41, 5.74) is 0. The van der Waals surface area contributed by atoms with Crippen LogP contribution in [0.1, 0.15) is 26.7 Å². The lowest BCUT2D eigenvalue weighted by Crippen LogP contribution is -1.98. The molecule has 0 aliphatic carbocycles. The van der Waals surface area contributed by atoms with Gasteiger partial charge in [0, 0.05) is 6.08 Å². The molecule has 0 N–H and O–H groups in total. The van der Waals surface area contributed by atoms with Gasteiger partial charge in [0.2, 0.25) is 0 Å². The van der Waals surface area contributed by atoms with Crippen LogP contribution in [0.25, 0.3) is 0 Å². The van der Waals surface area contributed by atoms with Crippen molar-refractivity contribution in [2.75, 3.05) is 6.61 Å². The monoisotopic (exact) mass is 194 g/mol. The number of rotatable bonds is 6. The first kappa shape index (κ1) is 12.7. The van der Waals surface area contributed by atoms with Crippen LogP contribution in [0.2, 0.25) is 0 Å². The van der Waals surface area contributed by atoms with Crippen molar-refractivity contribution < 1.29 is 9.53 Å². The standard InChI is InChI=1S/C12H18O2/c1-3-5-6-7-8-9-10-11-12(13)14-4-2/h5-6,8-11H,3-4,7H2,1-2H3/b6-5?,9-8+,11-10+. The zero-order valence-corrected chi connectivity index (χ0v) is 8.90. The van der Waals surface area contributed by atoms with E-state index in [9.17, 15) is 4.79 Å². The molecule has 0 aliphatic rings. The van der Waals surface area contributed by atoms with E-state index < -0.39 is 0 Å². The molecular weight excluding hydrogens is 176 g/mol. The van der Waals surface area contributed by atoms with Crippen LogP contribution < -0.4 is 0 Å². The van der Waals surface area contributed by atoms with E-state index in [0.29, 0.717) is 6.61 Å². The maximum Gasteiger partial charge on any atom is 0.330 e. The maximum atomic E-state index is 10.8. The second kappa shape index (κ2) is 9.78. The molecule has 0 fully saturated rings. The van der Waals surface area contributed by atoms with Crippen molar-refractivity contribution in [3.8, 4) is 0 Å². The van der Waals surface area contributed by atoms with E-state index in [1.165, 1.54) is 6.08 Å². The fraction of sp³-hybridized carbons (Fsp3) is 0.417. The fourth-order valence-corrected chi connectivity index (χ4v) is 0.823. The number of ether oxygens (including phenoxy) is 1. The molecule has 0 bridgehead atoms. The number of esters is 1. The Labute approximate surface area is 86.0 Å². The smallest absolute Gasteiger partial charge is 0.330 e. The Morgan fingerprint density at radius 1 is 1.14 bits per heavy atom. The fourth-order valence-electron chi connectivity index (χ4n) is 0.823. The van der Waals surface area contributed by atoms with Gasteiger partial charge in [-0.1, -0.05) is 37.3 Å². The summed E-state index contributed by atoms with van der Waals surface area (Å²) in [6.07, 6.45) is 13.1. The minimum absolute atomic E-state index is 0.291. The van der Waals surface area contributed by atoms with Gasteiger partial charge in [-0.3, -0.25) is 0 Å². The zero-order valence-electron chi connectivity index (χ0n) is 8.90. The van der Waals surface area contributed by atoms with Gasteiger partial charge in [-0.2, -0.15) is 0 Å². The molecule has 0 amide bonds. The summed E-state index contributed by atoms with van der Waals surface area (Å²) in [6.45, 7) is 4.31. The van der Waals surface area contributed by atoms with Crippen molar-refractivity contribution in [3.05, 3.63) is 36.5 Å². The van der Waals surface area contributed by atoms with Gasteiger partial charge >= 0.3 is 5.97 Å². The third kappa shape index (κ3) is 8.78. The molecule has 2 heteroatoms. The summed E-state index contributed by atoms with van der Waals surface area (Å²) >= 11 is 0. The Kier molecular flexibility index (Phi) is 8.86. The lowest BCUT2D eigenvalue weighted by Gasteiger charge is -1.92. The van der Waals surface area contributed by atoms with E-state index in [0.717, 1.165) is 12.8 Å². The van der Waals surface area contributed by atoms with E-state index in [2.05, 4.69) is 19.1 Å². The van der Waals surface area contributed by atoms with Crippen LogP contribution >= 0.6 is 0 Å². The molecule has 0 rings (SSSR count). The van der Waals surface area contributed by atoms with Crippen molar-refractivity contribution in [2.45, 2.75) is 26.7 Å². The van der Waals surface area contributed by atoms with Crippen molar-refractivity contribution >= 4 is 5.97 Å². The molecule has 0 aromatic heterocycles. The van der Waals surface area contributed by atoms with Crippen LogP contribution in [-0.2, 0) is 9.53 Å². The highest BCUT2D eigenvalue weighted by molar-refractivity contribution is 5.82. The molecule has 2 nitrogen and oxygen atoms in total. The lowest BCUT2D eigenvalue weighted by molar-refractivity contribution is -0.137. The highest BCUT2D eigenvalue weighted by Crippen LogP contribution is 1.89. The van der Waals surface area contributed by atoms with Gasteiger partial charge in [0.1, 0.15) is 0 Å². The average Bonchev–Trinajstić information content (AvgIpc) is 2.17. The Morgan fingerprint density at radius 2 is 1.93 bits per heavy atom. The number of allylic oxidation sites excluding steroid dienone is 5. The largest absolute Gasteiger partial charge is 0.463 e. The summed E-state index contributed by atoms with van der Waals surface area (Å²) in [7, 11) is 0. The normalized spacial score (nSPS) is 11.9. The second-order valence-corrected chi connectivity index (χ2v) is 2.65. The summed E-state index contributed by atoms with van der Waals surface area (Å²) < 4.78 is 4.71. The molecule has 0 radical (unpaired) electrons. The minimum atomic E-state index is -0.291. The summed E-state index contributed by atoms with van der Waals surface area (Å²) in [5.74, 6) is -0.291. The molecule has 78 valence electrons. The zero-order chi connectivity index (χ0) is 10.6. The van der Waals surface area contributed by atoms with Crippen LogP contribution in [0, 0.1) is 0 Å².